The summed E-state index contributed by atoms with van der Waals surface area (Å²) < 4.78 is 22.3. The highest BCUT2D eigenvalue weighted by molar-refractivity contribution is 7.89. The highest BCUT2D eigenvalue weighted by Crippen LogP contribution is 2.38. The first-order valence-electron chi connectivity index (χ1n) is 6.22. The summed E-state index contributed by atoms with van der Waals surface area (Å²) in [5.74, 6) is 0.665. The number of sulfonamides is 1. The molecule has 1 aromatic rings. The number of nitrogens with one attached hydrogen (secondary N) is 1. The molecule has 1 aromatic carbocycles. The first-order valence-corrected chi connectivity index (χ1v) is 7.77. The maximum Gasteiger partial charge on any atom is 0.238 e. The van der Waals surface area contributed by atoms with Gasteiger partial charge in [0, 0.05) is 5.92 Å². The van der Waals surface area contributed by atoms with Gasteiger partial charge in [-0.3, -0.25) is 4.79 Å². The lowest BCUT2D eigenvalue weighted by Gasteiger charge is -2.14. The molecule has 0 saturated heterocycles. The molecule has 6 heteroatoms. The fourth-order valence-corrected chi connectivity index (χ4v) is 2.55. The predicted octanol–water partition coefficient (Wildman–Crippen LogP) is 1.17. The van der Waals surface area contributed by atoms with Gasteiger partial charge in [0.25, 0.3) is 0 Å². The normalized spacial score (nSPS) is 23.7. The van der Waals surface area contributed by atoms with Crippen LogP contribution in [-0.2, 0) is 14.8 Å². The van der Waals surface area contributed by atoms with Crippen LogP contribution in [-0.4, -0.2) is 14.3 Å². The van der Waals surface area contributed by atoms with E-state index in [0.29, 0.717) is 5.92 Å². The second-order valence-corrected chi connectivity index (χ2v) is 6.73. The average molecular weight is 282 g/mol. The van der Waals surface area contributed by atoms with Crippen molar-refractivity contribution in [3.05, 3.63) is 29.8 Å². The minimum Gasteiger partial charge on any atom is -0.349 e. The summed E-state index contributed by atoms with van der Waals surface area (Å²) in [7, 11) is -3.67. The van der Waals surface area contributed by atoms with E-state index in [4.69, 9.17) is 5.14 Å². The number of benzene rings is 1. The van der Waals surface area contributed by atoms with E-state index < -0.39 is 10.0 Å². The van der Waals surface area contributed by atoms with Crippen molar-refractivity contribution in [2.24, 2.45) is 17.0 Å². The highest BCUT2D eigenvalue weighted by atomic mass is 32.2. The van der Waals surface area contributed by atoms with Gasteiger partial charge in [-0.05, 0) is 37.0 Å². The van der Waals surface area contributed by atoms with Crippen molar-refractivity contribution in [1.29, 1.82) is 0 Å². The largest absolute Gasteiger partial charge is 0.349 e. The van der Waals surface area contributed by atoms with Gasteiger partial charge >= 0.3 is 0 Å². The lowest BCUT2D eigenvalue weighted by molar-refractivity contribution is -0.123. The van der Waals surface area contributed by atoms with Gasteiger partial charge in [-0.15, -0.1) is 0 Å². The van der Waals surface area contributed by atoms with Gasteiger partial charge in [0.15, 0.2) is 0 Å². The van der Waals surface area contributed by atoms with Crippen molar-refractivity contribution in [1.82, 2.24) is 5.32 Å². The Hall–Kier alpha value is -1.40. The smallest absolute Gasteiger partial charge is 0.238 e. The molecule has 3 unspecified atom stereocenters. The molecule has 0 aliphatic heterocycles. The third-order valence-corrected chi connectivity index (χ3v) is 4.44. The maximum atomic E-state index is 11.8. The number of rotatable bonds is 4. The molecule has 1 fully saturated rings. The van der Waals surface area contributed by atoms with Crippen molar-refractivity contribution >= 4 is 15.9 Å². The van der Waals surface area contributed by atoms with Gasteiger partial charge in [-0.25, -0.2) is 13.6 Å². The minimum absolute atomic E-state index is 0.0653. The standard InChI is InChI=1S/C13H18N2O3S/c1-8-7-12(8)13(16)15-9(2)10-3-5-11(6-4-10)19(14,17)18/h3-6,8-9,12H,7H2,1-2H3,(H,15,16)(H2,14,17,18). The molecule has 0 spiro atoms. The van der Waals surface area contributed by atoms with E-state index in [-0.39, 0.29) is 22.8 Å². The number of hydrogen-bond acceptors (Lipinski definition) is 3. The zero-order valence-corrected chi connectivity index (χ0v) is 11.8. The van der Waals surface area contributed by atoms with Gasteiger partial charge in [0.1, 0.15) is 0 Å². The van der Waals surface area contributed by atoms with Gasteiger partial charge in [-0.2, -0.15) is 0 Å². The summed E-state index contributed by atoms with van der Waals surface area (Å²) in [6.07, 6.45) is 0.947. The van der Waals surface area contributed by atoms with Crippen molar-refractivity contribution in [3.8, 4) is 0 Å². The third kappa shape index (κ3) is 3.33. The predicted molar refractivity (Wildman–Crippen MR) is 71.6 cm³/mol. The topological polar surface area (TPSA) is 89.3 Å². The molecular weight excluding hydrogens is 264 g/mol. The summed E-state index contributed by atoms with van der Waals surface area (Å²) in [4.78, 5) is 11.9. The lowest BCUT2D eigenvalue weighted by Crippen LogP contribution is -2.28. The Kier molecular flexibility index (Phi) is 3.64. The number of hydrogen-bond donors (Lipinski definition) is 2. The van der Waals surface area contributed by atoms with Crippen LogP contribution in [0.5, 0.6) is 0 Å². The van der Waals surface area contributed by atoms with E-state index in [0.717, 1.165) is 12.0 Å². The quantitative estimate of drug-likeness (QED) is 0.868. The van der Waals surface area contributed by atoms with Crippen molar-refractivity contribution < 1.29 is 13.2 Å². The SMILES string of the molecule is CC(NC(=O)C1CC1C)c1ccc(S(N)(=O)=O)cc1. The first kappa shape index (κ1) is 14.0. The number of carbonyl (C=O) groups is 1. The molecule has 2 rings (SSSR count). The fourth-order valence-electron chi connectivity index (χ4n) is 2.04. The van der Waals surface area contributed by atoms with E-state index in [2.05, 4.69) is 12.2 Å². The zero-order valence-electron chi connectivity index (χ0n) is 11.0. The van der Waals surface area contributed by atoms with Crippen LogP contribution in [0.25, 0.3) is 0 Å². The summed E-state index contributed by atoms with van der Waals surface area (Å²) >= 11 is 0. The molecule has 1 aliphatic carbocycles. The lowest BCUT2D eigenvalue weighted by atomic mass is 10.1. The van der Waals surface area contributed by atoms with E-state index in [1.165, 1.54) is 12.1 Å². The highest BCUT2D eigenvalue weighted by Gasteiger charge is 2.39. The first-order chi connectivity index (χ1) is 8.79. The van der Waals surface area contributed by atoms with E-state index >= 15 is 0 Å². The molecular formula is C13H18N2O3S. The molecule has 3 atom stereocenters. The van der Waals surface area contributed by atoms with Crippen molar-refractivity contribution in [2.75, 3.05) is 0 Å². The van der Waals surface area contributed by atoms with E-state index in [9.17, 15) is 13.2 Å². The summed E-state index contributed by atoms with van der Waals surface area (Å²) in [5.41, 5.74) is 0.856. The van der Waals surface area contributed by atoms with Crippen LogP contribution < -0.4 is 10.5 Å². The summed E-state index contributed by atoms with van der Waals surface area (Å²) in [6, 6.07) is 6.09. The number of amides is 1. The Morgan fingerprint density at radius 3 is 2.32 bits per heavy atom. The maximum absolute atomic E-state index is 11.8. The van der Waals surface area contributed by atoms with Crippen LogP contribution in [0.4, 0.5) is 0 Å². The molecule has 0 radical (unpaired) electrons. The molecule has 3 N–H and O–H groups in total. The van der Waals surface area contributed by atoms with Crippen LogP contribution in [0.3, 0.4) is 0 Å². The number of primary sulfonamides is 1. The molecule has 19 heavy (non-hydrogen) atoms. The molecule has 1 saturated carbocycles. The second kappa shape index (κ2) is 4.94. The van der Waals surface area contributed by atoms with Crippen molar-refractivity contribution in [2.45, 2.75) is 31.2 Å². The van der Waals surface area contributed by atoms with Gasteiger partial charge in [0.2, 0.25) is 15.9 Å². The van der Waals surface area contributed by atoms with Crippen LogP contribution in [0.15, 0.2) is 29.2 Å². The Morgan fingerprint density at radius 1 is 1.37 bits per heavy atom. The Labute approximate surface area is 113 Å². The Morgan fingerprint density at radius 2 is 1.89 bits per heavy atom. The van der Waals surface area contributed by atoms with Gasteiger partial charge in [0.05, 0.1) is 10.9 Å². The Balaban J connectivity index is 2.03. The summed E-state index contributed by atoms with van der Waals surface area (Å²) in [5, 5.41) is 7.96. The monoisotopic (exact) mass is 282 g/mol. The molecule has 1 amide bonds. The van der Waals surface area contributed by atoms with Crippen LogP contribution in [0, 0.1) is 11.8 Å². The van der Waals surface area contributed by atoms with Crippen molar-refractivity contribution in [3.63, 3.8) is 0 Å². The Bertz CT molecular complexity index is 580. The van der Waals surface area contributed by atoms with Crippen LogP contribution in [0.2, 0.25) is 0 Å². The average Bonchev–Trinajstić information content (AvgIpc) is 3.05. The zero-order chi connectivity index (χ0) is 14.2. The molecule has 1 aliphatic rings. The van der Waals surface area contributed by atoms with Gasteiger partial charge in [-0.1, -0.05) is 19.1 Å². The molecule has 0 aromatic heterocycles. The molecule has 5 nitrogen and oxygen atoms in total. The molecule has 104 valence electrons. The third-order valence-electron chi connectivity index (χ3n) is 3.51. The van der Waals surface area contributed by atoms with Gasteiger partial charge < -0.3 is 5.32 Å². The van der Waals surface area contributed by atoms with Crippen LogP contribution in [0.1, 0.15) is 31.9 Å². The second-order valence-electron chi connectivity index (χ2n) is 5.16. The summed E-state index contributed by atoms with van der Waals surface area (Å²) in [6.45, 7) is 3.92. The number of nitrogens with two attached hydrogens (primary N) is 1. The van der Waals surface area contributed by atoms with E-state index in [1.54, 1.807) is 12.1 Å². The fraction of sp³-hybridized carbons (Fsp3) is 0.462. The molecule has 0 heterocycles. The minimum atomic E-state index is -3.67. The van der Waals surface area contributed by atoms with E-state index in [1.807, 2.05) is 6.92 Å². The molecule has 0 bridgehead atoms. The number of carbonyl (C=O) groups excluding carboxylic acids is 1. The van der Waals surface area contributed by atoms with Crippen LogP contribution >= 0.6 is 0 Å².